The first-order valence-corrected chi connectivity index (χ1v) is 6.48. The number of carbonyl (C=O) groups is 1. The second kappa shape index (κ2) is 6.12. The van der Waals surface area contributed by atoms with E-state index in [0.717, 1.165) is 19.4 Å². The highest BCUT2D eigenvalue weighted by molar-refractivity contribution is 5.92. The Bertz CT molecular complexity index is 428. The zero-order valence-electron chi connectivity index (χ0n) is 11.0. The number of hydrogen-bond donors (Lipinski definition) is 2. The van der Waals surface area contributed by atoms with Crippen LogP contribution in [0, 0.1) is 5.82 Å². The second-order valence-corrected chi connectivity index (χ2v) is 5.06. The molecule has 0 bridgehead atoms. The summed E-state index contributed by atoms with van der Waals surface area (Å²) in [6.45, 7) is 3.71. The van der Waals surface area contributed by atoms with Crippen LogP contribution in [0.15, 0.2) is 24.3 Å². The molecule has 0 aromatic heterocycles. The first-order chi connectivity index (χ1) is 9.07. The zero-order chi connectivity index (χ0) is 13.7. The molecule has 5 heteroatoms. The standard InChI is InChI=1S/C14H19FN2O2/c1-14(7-2-8-19-14)10-16-9-13(18)17-12-5-3-11(15)4-6-12/h3-6,16H,2,7-10H2,1H3,(H,17,18). The molecule has 0 aliphatic carbocycles. The molecule has 19 heavy (non-hydrogen) atoms. The van der Waals surface area contributed by atoms with E-state index in [-0.39, 0.29) is 23.9 Å². The number of benzene rings is 1. The molecular weight excluding hydrogens is 247 g/mol. The molecule has 1 aromatic rings. The first-order valence-electron chi connectivity index (χ1n) is 6.48. The predicted octanol–water partition coefficient (Wildman–Crippen LogP) is 1.92. The fraction of sp³-hybridized carbons (Fsp3) is 0.500. The minimum Gasteiger partial charge on any atom is -0.374 e. The summed E-state index contributed by atoms with van der Waals surface area (Å²) in [5.74, 6) is -0.462. The lowest BCUT2D eigenvalue weighted by atomic mass is 10.0. The predicted molar refractivity (Wildman–Crippen MR) is 71.5 cm³/mol. The van der Waals surface area contributed by atoms with E-state index < -0.39 is 0 Å². The maximum absolute atomic E-state index is 12.7. The fourth-order valence-corrected chi connectivity index (χ4v) is 2.16. The molecule has 1 aliphatic rings. The average molecular weight is 266 g/mol. The second-order valence-electron chi connectivity index (χ2n) is 5.06. The van der Waals surface area contributed by atoms with Crippen molar-refractivity contribution in [1.82, 2.24) is 5.32 Å². The molecule has 0 saturated carbocycles. The Hall–Kier alpha value is -1.46. The molecule has 1 heterocycles. The first kappa shape index (κ1) is 14.0. The number of nitrogens with one attached hydrogen (secondary N) is 2. The van der Waals surface area contributed by atoms with Crippen molar-refractivity contribution < 1.29 is 13.9 Å². The van der Waals surface area contributed by atoms with Crippen molar-refractivity contribution in [2.45, 2.75) is 25.4 Å². The summed E-state index contributed by atoms with van der Waals surface area (Å²) in [7, 11) is 0. The van der Waals surface area contributed by atoms with Crippen LogP contribution in [-0.4, -0.2) is 31.2 Å². The van der Waals surface area contributed by atoms with Crippen molar-refractivity contribution in [2.24, 2.45) is 0 Å². The van der Waals surface area contributed by atoms with E-state index in [4.69, 9.17) is 4.74 Å². The van der Waals surface area contributed by atoms with Crippen molar-refractivity contribution in [3.8, 4) is 0 Å². The fourth-order valence-electron chi connectivity index (χ4n) is 2.16. The number of halogens is 1. The molecule has 1 unspecified atom stereocenters. The molecule has 1 saturated heterocycles. The van der Waals surface area contributed by atoms with Gasteiger partial charge in [0, 0.05) is 18.8 Å². The van der Waals surface area contributed by atoms with E-state index >= 15 is 0 Å². The molecule has 1 aliphatic heterocycles. The highest BCUT2D eigenvalue weighted by Gasteiger charge is 2.29. The molecular formula is C14H19FN2O2. The van der Waals surface area contributed by atoms with E-state index in [9.17, 15) is 9.18 Å². The Morgan fingerprint density at radius 3 is 2.79 bits per heavy atom. The van der Waals surface area contributed by atoms with Gasteiger partial charge in [-0.1, -0.05) is 0 Å². The van der Waals surface area contributed by atoms with Crippen LogP contribution in [0.25, 0.3) is 0 Å². The quantitative estimate of drug-likeness (QED) is 0.856. The van der Waals surface area contributed by atoms with Crippen LogP contribution >= 0.6 is 0 Å². The van der Waals surface area contributed by atoms with E-state index in [1.807, 2.05) is 6.92 Å². The normalized spacial score (nSPS) is 22.4. The van der Waals surface area contributed by atoms with Crippen molar-refractivity contribution in [2.75, 3.05) is 25.0 Å². The lowest BCUT2D eigenvalue weighted by Gasteiger charge is -2.23. The van der Waals surface area contributed by atoms with Crippen LogP contribution in [0.2, 0.25) is 0 Å². The molecule has 4 nitrogen and oxygen atoms in total. The van der Waals surface area contributed by atoms with Crippen molar-refractivity contribution >= 4 is 11.6 Å². The Morgan fingerprint density at radius 2 is 2.16 bits per heavy atom. The largest absolute Gasteiger partial charge is 0.374 e. The molecule has 1 fully saturated rings. The van der Waals surface area contributed by atoms with Gasteiger partial charge in [-0.25, -0.2) is 4.39 Å². The van der Waals surface area contributed by atoms with Gasteiger partial charge < -0.3 is 15.4 Å². The van der Waals surface area contributed by atoms with E-state index in [2.05, 4.69) is 10.6 Å². The van der Waals surface area contributed by atoms with Gasteiger partial charge in [-0.2, -0.15) is 0 Å². The maximum Gasteiger partial charge on any atom is 0.238 e. The highest BCUT2D eigenvalue weighted by atomic mass is 19.1. The summed E-state index contributed by atoms with van der Waals surface area (Å²) in [6.07, 6.45) is 2.08. The molecule has 104 valence electrons. The molecule has 2 rings (SSSR count). The van der Waals surface area contributed by atoms with Gasteiger partial charge in [0.25, 0.3) is 0 Å². The number of anilines is 1. The highest BCUT2D eigenvalue weighted by Crippen LogP contribution is 2.23. The Kier molecular flexibility index (Phi) is 4.50. The molecule has 1 aromatic carbocycles. The molecule has 0 radical (unpaired) electrons. The van der Waals surface area contributed by atoms with Crippen molar-refractivity contribution in [3.63, 3.8) is 0 Å². The number of hydrogen-bond acceptors (Lipinski definition) is 3. The van der Waals surface area contributed by atoms with Crippen LogP contribution in [0.1, 0.15) is 19.8 Å². The Labute approximate surface area is 112 Å². The third-order valence-electron chi connectivity index (χ3n) is 3.21. The third-order valence-corrected chi connectivity index (χ3v) is 3.21. The lowest BCUT2D eigenvalue weighted by molar-refractivity contribution is -0.115. The van der Waals surface area contributed by atoms with E-state index in [1.54, 1.807) is 0 Å². The van der Waals surface area contributed by atoms with E-state index in [1.165, 1.54) is 24.3 Å². The Balaban J connectivity index is 1.71. The molecule has 1 amide bonds. The monoisotopic (exact) mass is 266 g/mol. The van der Waals surface area contributed by atoms with Gasteiger partial charge in [-0.05, 0) is 44.0 Å². The molecule has 2 N–H and O–H groups in total. The van der Waals surface area contributed by atoms with Gasteiger partial charge >= 0.3 is 0 Å². The van der Waals surface area contributed by atoms with Crippen molar-refractivity contribution in [1.29, 1.82) is 0 Å². The van der Waals surface area contributed by atoms with E-state index in [0.29, 0.717) is 12.2 Å². The van der Waals surface area contributed by atoms with Crippen LogP contribution in [0.5, 0.6) is 0 Å². The van der Waals surface area contributed by atoms with Gasteiger partial charge in [0.15, 0.2) is 0 Å². The molecule has 1 atom stereocenters. The summed E-state index contributed by atoms with van der Waals surface area (Å²) in [5, 5.41) is 5.79. The van der Waals surface area contributed by atoms with Crippen LogP contribution in [0.3, 0.4) is 0 Å². The van der Waals surface area contributed by atoms with Crippen LogP contribution in [0.4, 0.5) is 10.1 Å². The zero-order valence-corrected chi connectivity index (χ0v) is 11.0. The summed E-state index contributed by atoms with van der Waals surface area (Å²) in [4.78, 5) is 11.7. The smallest absolute Gasteiger partial charge is 0.238 e. The maximum atomic E-state index is 12.7. The summed E-state index contributed by atoms with van der Waals surface area (Å²) in [6, 6.07) is 5.70. The SMILES string of the molecule is CC1(CNCC(=O)Nc2ccc(F)cc2)CCCO1. The average Bonchev–Trinajstić information content (AvgIpc) is 2.79. The third kappa shape index (κ3) is 4.29. The van der Waals surface area contributed by atoms with Crippen LogP contribution < -0.4 is 10.6 Å². The minimum absolute atomic E-state index is 0.145. The van der Waals surface area contributed by atoms with Crippen molar-refractivity contribution in [3.05, 3.63) is 30.1 Å². The number of carbonyl (C=O) groups excluding carboxylic acids is 1. The van der Waals surface area contributed by atoms with Gasteiger partial charge in [0.1, 0.15) is 5.82 Å². The Morgan fingerprint density at radius 1 is 1.42 bits per heavy atom. The number of rotatable bonds is 5. The number of amides is 1. The summed E-state index contributed by atoms with van der Waals surface area (Å²) >= 11 is 0. The van der Waals surface area contributed by atoms with Gasteiger partial charge in [0.2, 0.25) is 5.91 Å². The summed E-state index contributed by atoms with van der Waals surface area (Å²) in [5.41, 5.74) is 0.437. The minimum atomic E-state index is -0.317. The van der Waals surface area contributed by atoms with Gasteiger partial charge in [0.05, 0.1) is 12.1 Å². The number of ether oxygens (including phenoxy) is 1. The van der Waals surface area contributed by atoms with Crippen LogP contribution in [-0.2, 0) is 9.53 Å². The summed E-state index contributed by atoms with van der Waals surface area (Å²) < 4.78 is 18.3. The molecule has 0 spiro atoms. The van der Waals surface area contributed by atoms with Gasteiger partial charge in [-0.15, -0.1) is 0 Å². The lowest BCUT2D eigenvalue weighted by Crippen LogP contribution is -2.40. The van der Waals surface area contributed by atoms with Gasteiger partial charge in [-0.3, -0.25) is 4.79 Å². The topological polar surface area (TPSA) is 50.4 Å².